The molecule has 1 aliphatic rings. The van der Waals surface area contributed by atoms with Crippen molar-refractivity contribution < 1.29 is 5.11 Å². The maximum Gasteiger partial charge on any atom is 0.0673 e. The highest BCUT2D eigenvalue weighted by Crippen LogP contribution is 2.45. The van der Waals surface area contributed by atoms with E-state index >= 15 is 0 Å². The lowest BCUT2D eigenvalue weighted by Crippen LogP contribution is -2.31. The lowest BCUT2D eigenvalue weighted by molar-refractivity contribution is -0.00410. The molecule has 0 radical (unpaired) electrons. The van der Waals surface area contributed by atoms with Crippen LogP contribution in [0.1, 0.15) is 59.8 Å². The van der Waals surface area contributed by atoms with Gasteiger partial charge < -0.3 is 5.11 Å². The van der Waals surface area contributed by atoms with Gasteiger partial charge in [-0.25, -0.2) is 0 Å². The summed E-state index contributed by atoms with van der Waals surface area (Å²) in [5.74, 6) is 0.611. The summed E-state index contributed by atoms with van der Waals surface area (Å²) in [6.07, 6.45) is 5.53. The topological polar surface area (TPSA) is 20.2 Å². The zero-order valence-corrected chi connectivity index (χ0v) is 9.56. The van der Waals surface area contributed by atoms with Crippen molar-refractivity contribution in [3.63, 3.8) is 0 Å². The summed E-state index contributed by atoms with van der Waals surface area (Å²) in [4.78, 5) is 0. The lowest BCUT2D eigenvalue weighted by Gasteiger charge is -2.30. The van der Waals surface area contributed by atoms with Gasteiger partial charge >= 0.3 is 0 Å². The van der Waals surface area contributed by atoms with E-state index in [1.54, 1.807) is 0 Å². The van der Waals surface area contributed by atoms with Crippen LogP contribution in [0, 0.1) is 11.3 Å². The van der Waals surface area contributed by atoms with Crippen molar-refractivity contribution in [2.24, 2.45) is 11.3 Å². The van der Waals surface area contributed by atoms with Crippen LogP contribution in [0.5, 0.6) is 0 Å². The van der Waals surface area contributed by atoms with Crippen molar-refractivity contribution in [2.75, 3.05) is 0 Å². The zero-order valence-electron chi connectivity index (χ0n) is 9.56. The van der Waals surface area contributed by atoms with Crippen LogP contribution in [0.4, 0.5) is 0 Å². The molecule has 1 saturated carbocycles. The van der Waals surface area contributed by atoms with Crippen molar-refractivity contribution in [1.82, 2.24) is 0 Å². The Hall–Kier alpha value is -0.0400. The predicted molar refractivity (Wildman–Crippen MR) is 56.7 cm³/mol. The molecule has 1 unspecified atom stereocenters. The molecule has 78 valence electrons. The van der Waals surface area contributed by atoms with Crippen LogP contribution in [0.25, 0.3) is 0 Å². The molecular formula is C12H24O. The van der Waals surface area contributed by atoms with E-state index < -0.39 is 0 Å². The van der Waals surface area contributed by atoms with Gasteiger partial charge in [0.1, 0.15) is 0 Å². The minimum Gasteiger partial charge on any atom is -0.390 e. The van der Waals surface area contributed by atoms with E-state index in [-0.39, 0.29) is 5.60 Å². The van der Waals surface area contributed by atoms with Gasteiger partial charge in [-0.2, -0.15) is 0 Å². The summed E-state index contributed by atoms with van der Waals surface area (Å²) >= 11 is 0. The van der Waals surface area contributed by atoms with E-state index in [1.807, 2.05) is 0 Å². The average Bonchev–Trinajstić information content (AvgIpc) is 2.81. The second-order valence-corrected chi connectivity index (χ2v) is 5.79. The first-order valence-corrected chi connectivity index (χ1v) is 5.60. The van der Waals surface area contributed by atoms with Gasteiger partial charge in [0.25, 0.3) is 0 Å². The smallest absolute Gasteiger partial charge is 0.0673 e. The fourth-order valence-electron chi connectivity index (χ4n) is 1.88. The Morgan fingerprint density at radius 1 is 1.15 bits per heavy atom. The van der Waals surface area contributed by atoms with Gasteiger partial charge in [0.15, 0.2) is 0 Å². The molecule has 1 atom stereocenters. The molecule has 0 aromatic heterocycles. The van der Waals surface area contributed by atoms with Gasteiger partial charge in [0.05, 0.1) is 5.60 Å². The van der Waals surface area contributed by atoms with Crippen molar-refractivity contribution in [3.8, 4) is 0 Å². The first-order chi connectivity index (χ1) is 5.87. The highest BCUT2D eigenvalue weighted by Gasteiger charge is 2.42. The molecule has 0 spiro atoms. The highest BCUT2D eigenvalue weighted by atomic mass is 16.3. The van der Waals surface area contributed by atoms with Crippen molar-refractivity contribution in [1.29, 1.82) is 0 Å². The summed E-state index contributed by atoms with van der Waals surface area (Å²) < 4.78 is 0. The monoisotopic (exact) mass is 184 g/mol. The summed E-state index contributed by atoms with van der Waals surface area (Å²) in [5, 5.41) is 10.3. The molecule has 1 N–H and O–H groups in total. The van der Waals surface area contributed by atoms with Crippen LogP contribution in [-0.2, 0) is 0 Å². The standard InChI is InChI=1S/C12H24O/c1-5-12(13,10-6-7-10)9-8-11(2,3)4/h10,13H,5-9H2,1-4H3. The molecular weight excluding hydrogens is 160 g/mol. The Bertz CT molecular complexity index is 164. The molecule has 1 heteroatoms. The van der Waals surface area contributed by atoms with Crippen LogP contribution in [0.2, 0.25) is 0 Å². The molecule has 0 aromatic rings. The molecule has 1 nitrogen and oxygen atoms in total. The second kappa shape index (κ2) is 3.61. The minimum atomic E-state index is -0.340. The van der Waals surface area contributed by atoms with E-state index in [1.165, 1.54) is 12.8 Å². The lowest BCUT2D eigenvalue weighted by atomic mass is 9.81. The maximum atomic E-state index is 10.3. The Balaban J connectivity index is 2.39. The Morgan fingerprint density at radius 3 is 2.00 bits per heavy atom. The normalized spacial score (nSPS) is 22.8. The first-order valence-electron chi connectivity index (χ1n) is 5.60. The van der Waals surface area contributed by atoms with Gasteiger partial charge in [-0.15, -0.1) is 0 Å². The molecule has 0 bridgehead atoms. The predicted octanol–water partition coefficient (Wildman–Crippen LogP) is 3.36. The van der Waals surface area contributed by atoms with Crippen LogP contribution in [0.15, 0.2) is 0 Å². The van der Waals surface area contributed by atoms with Gasteiger partial charge in [-0.3, -0.25) is 0 Å². The van der Waals surface area contributed by atoms with E-state index in [4.69, 9.17) is 0 Å². The molecule has 0 heterocycles. The number of hydrogen-bond donors (Lipinski definition) is 1. The summed E-state index contributed by atoms with van der Waals surface area (Å²) in [5.41, 5.74) is 0.0192. The molecule has 1 fully saturated rings. The Morgan fingerprint density at radius 2 is 1.69 bits per heavy atom. The molecule has 0 amide bonds. The van der Waals surface area contributed by atoms with Crippen molar-refractivity contribution >= 4 is 0 Å². The number of hydrogen-bond acceptors (Lipinski definition) is 1. The number of aliphatic hydroxyl groups is 1. The molecule has 0 aliphatic heterocycles. The van der Waals surface area contributed by atoms with E-state index in [0.717, 1.165) is 19.3 Å². The highest BCUT2D eigenvalue weighted by molar-refractivity contribution is 4.94. The van der Waals surface area contributed by atoms with Gasteiger partial charge in [-0.1, -0.05) is 27.7 Å². The summed E-state index contributed by atoms with van der Waals surface area (Å²) in [6.45, 7) is 8.85. The van der Waals surface area contributed by atoms with Crippen LogP contribution >= 0.6 is 0 Å². The van der Waals surface area contributed by atoms with Gasteiger partial charge in [0, 0.05) is 0 Å². The van der Waals surface area contributed by atoms with Crippen molar-refractivity contribution in [2.45, 2.75) is 65.4 Å². The summed E-state index contributed by atoms with van der Waals surface area (Å²) in [7, 11) is 0. The molecule has 0 saturated heterocycles. The largest absolute Gasteiger partial charge is 0.390 e. The van der Waals surface area contributed by atoms with Crippen LogP contribution in [0.3, 0.4) is 0 Å². The summed E-state index contributed by atoms with van der Waals surface area (Å²) in [6, 6.07) is 0. The molecule has 1 aliphatic carbocycles. The Kier molecular flexibility index (Phi) is 3.06. The minimum absolute atomic E-state index is 0.340. The third-order valence-corrected chi connectivity index (χ3v) is 3.26. The van der Waals surface area contributed by atoms with Crippen LogP contribution in [-0.4, -0.2) is 10.7 Å². The van der Waals surface area contributed by atoms with E-state index in [9.17, 15) is 5.11 Å². The molecule has 0 aromatic carbocycles. The third kappa shape index (κ3) is 3.30. The van der Waals surface area contributed by atoms with E-state index in [2.05, 4.69) is 27.7 Å². The Labute approximate surface area is 82.5 Å². The second-order valence-electron chi connectivity index (χ2n) is 5.79. The third-order valence-electron chi connectivity index (χ3n) is 3.26. The molecule has 1 rings (SSSR count). The van der Waals surface area contributed by atoms with Gasteiger partial charge in [0.2, 0.25) is 0 Å². The fourth-order valence-corrected chi connectivity index (χ4v) is 1.88. The SMILES string of the molecule is CCC(O)(CCC(C)(C)C)C1CC1. The quantitative estimate of drug-likeness (QED) is 0.710. The fraction of sp³-hybridized carbons (Fsp3) is 1.00. The average molecular weight is 184 g/mol. The molecule has 13 heavy (non-hydrogen) atoms. The zero-order chi connectivity index (χ0) is 10.1. The van der Waals surface area contributed by atoms with Gasteiger partial charge in [-0.05, 0) is 43.4 Å². The maximum absolute atomic E-state index is 10.3. The van der Waals surface area contributed by atoms with Crippen LogP contribution < -0.4 is 0 Å². The van der Waals surface area contributed by atoms with Crippen molar-refractivity contribution in [3.05, 3.63) is 0 Å². The first kappa shape index (κ1) is 11.0. The number of rotatable bonds is 4. The van der Waals surface area contributed by atoms with E-state index in [0.29, 0.717) is 11.3 Å².